The molecule has 0 fully saturated rings. The minimum Gasteiger partial charge on any atom is -0.269 e. The lowest BCUT2D eigenvalue weighted by Crippen LogP contribution is -2.02. The summed E-state index contributed by atoms with van der Waals surface area (Å²) in [6, 6.07) is 2.07. The van der Waals surface area contributed by atoms with Crippen LogP contribution >= 0.6 is 12.6 Å². The fraction of sp³-hybridized carbons (Fsp3) is 0.571. The zero-order valence-corrected chi connectivity index (χ0v) is 7.23. The van der Waals surface area contributed by atoms with Gasteiger partial charge in [0.15, 0.2) is 0 Å². The Bertz CT molecular complexity index is 217. The van der Waals surface area contributed by atoms with E-state index >= 15 is 0 Å². The molecule has 1 rings (SSSR count). The maximum absolute atomic E-state index is 4.27. The highest BCUT2D eigenvalue weighted by atomic mass is 32.1. The van der Waals surface area contributed by atoms with Gasteiger partial charge in [0, 0.05) is 18.0 Å². The van der Waals surface area contributed by atoms with Gasteiger partial charge < -0.3 is 0 Å². The van der Waals surface area contributed by atoms with E-state index in [1.165, 1.54) is 5.69 Å². The van der Waals surface area contributed by atoms with Crippen LogP contribution in [0.4, 0.5) is 0 Å². The Balaban J connectivity index is 2.81. The molecule has 0 N–H and O–H groups in total. The van der Waals surface area contributed by atoms with Gasteiger partial charge in [-0.05, 0) is 19.9 Å². The SMILES string of the molecule is Cc1cc(C)n(CCS)n1. The first-order chi connectivity index (χ1) is 4.74. The first kappa shape index (κ1) is 7.66. The van der Waals surface area contributed by atoms with Gasteiger partial charge >= 0.3 is 0 Å². The Hall–Kier alpha value is -0.440. The summed E-state index contributed by atoms with van der Waals surface area (Å²) in [4.78, 5) is 0. The number of rotatable bonds is 2. The Kier molecular flexibility index (Phi) is 2.38. The molecular weight excluding hydrogens is 144 g/mol. The lowest BCUT2D eigenvalue weighted by atomic mass is 10.4. The molecule has 0 aliphatic rings. The van der Waals surface area contributed by atoms with Crippen LogP contribution in [0, 0.1) is 13.8 Å². The molecule has 0 aliphatic heterocycles. The van der Waals surface area contributed by atoms with Crippen LogP contribution in [0.2, 0.25) is 0 Å². The van der Waals surface area contributed by atoms with Crippen molar-refractivity contribution in [2.24, 2.45) is 0 Å². The van der Waals surface area contributed by atoms with Gasteiger partial charge in [0.05, 0.1) is 5.69 Å². The smallest absolute Gasteiger partial charge is 0.0596 e. The molecule has 1 aromatic heterocycles. The van der Waals surface area contributed by atoms with Crippen LogP contribution in [0.5, 0.6) is 0 Å². The summed E-state index contributed by atoms with van der Waals surface area (Å²) in [7, 11) is 0. The van der Waals surface area contributed by atoms with Crippen LogP contribution in [0.15, 0.2) is 6.07 Å². The van der Waals surface area contributed by atoms with E-state index in [1.54, 1.807) is 0 Å². The van der Waals surface area contributed by atoms with Crippen molar-refractivity contribution in [2.75, 3.05) is 5.75 Å². The van der Waals surface area contributed by atoms with Crippen molar-refractivity contribution in [3.8, 4) is 0 Å². The normalized spacial score (nSPS) is 10.3. The van der Waals surface area contributed by atoms with E-state index in [4.69, 9.17) is 0 Å². The Labute approximate surface area is 66.7 Å². The molecule has 0 bridgehead atoms. The molecule has 3 heteroatoms. The zero-order valence-electron chi connectivity index (χ0n) is 6.33. The molecule has 0 unspecified atom stereocenters. The molecule has 0 aromatic carbocycles. The fourth-order valence-electron chi connectivity index (χ4n) is 0.996. The molecule has 10 heavy (non-hydrogen) atoms. The second-order valence-electron chi connectivity index (χ2n) is 2.37. The van der Waals surface area contributed by atoms with Crippen molar-refractivity contribution in [3.63, 3.8) is 0 Å². The van der Waals surface area contributed by atoms with Gasteiger partial charge in [-0.1, -0.05) is 0 Å². The molecule has 0 saturated heterocycles. The number of nitrogens with zero attached hydrogens (tertiary/aromatic N) is 2. The van der Waals surface area contributed by atoms with Crippen LogP contribution in [0.1, 0.15) is 11.4 Å². The molecule has 0 spiro atoms. The lowest BCUT2D eigenvalue weighted by molar-refractivity contribution is 0.641. The van der Waals surface area contributed by atoms with Gasteiger partial charge in [-0.2, -0.15) is 17.7 Å². The Morgan fingerprint density at radius 1 is 1.60 bits per heavy atom. The number of aromatic nitrogens is 2. The van der Waals surface area contributed by atoms with E-state index in [0.717, 1.165) is 18.0 Å². The summed E-state index contributed by atoms with van der Waals surface area (Å²) in [5.41, 5.74) is 2.30. The minimum absolute atomic E-state index is 0.849. The van der Waals surface area contributed by atoms with E-state index in [-0.39, 0.29) is 0 Å². The molecule has 2 nitrogen and oxygen atoms in total. The maximum Gasteiger partial charge on any atom is 0.0596 e. The van der Waals surface area contributed by atoms with Crippen LogP contribution in [0.25, 0.3) is 0 Å². The molecule has 0 amide bonds. The van der Waals surface area contributed by atoms with Crippen LogP contribution in [0.3, 0.4) is 0 Å². The molecule has 0 atom stereocenters. The van der Waals surface area contributed by atoms with Crippen molar-refractivity contribution in [3.05, 3.63) is 17.5 Å². The van der Waals surface area contributed by atoms with Crippen molar-refractivity contribution >= 4 is 12.6 Å². The largest absolute Gasteiger partial charge is 0.269 e. The third-order valence-electron chi connectivity index (χ3n) is 1.42. The standard InChI is InChI=1S/C7H12N2S/c1-6-5-7(2)9(8-6)3-4-10/h5,10H,3-4H2,1-2H3. The van der Waals surface area contributed by atoms with Crippen LogP contribution in [-0.4, -0.2) is 15.5 Å². The van der Waals surface area contributed by atoms with Gasteiger partial charge in [-0.3, -0.25) is 4.68 Å². The van der Waals surface area contributed by atoms with Crippen molar-refractivity contribution in [2.45, 2.75) is 20.4 Å². The molecule has 1 aromatic rings. The summed E-state index contributed by atoms with van der Waals surface area (Å²) in [5.74, 6) is 0.849. The zero-order chi connectivity index (χ0) is 7.56. The molecule has 1 heterocycles. The number of thiol groups is 1. The van der Waals surface area contributed by atoms with Gasteiger partial charge in [0.2, 0.25) is 0 Å². The molecule has 0 saturated carbocycles. The number of hydrogen-bond donors (Lipinski definition) is 1. The quantitative estimate of drug-likeness (QED) is 0.641. The molecule has 0 radical (unpaired) electrons. The van der Waals surface area contributed by atoms with Crippen LogP contribution in [-0.2, 0) is 6.54 Å². The summed E-state index contributed by atoms with van der Waals surface area (Å²) in [5, 5.41) is 4.27. The van der Waals surface area contributed by atoms with E-state index in [1.807, 2.05) is 11.6 Å². The van der Waals surface area contributed by atoms with E-state index in [2.05, 4.69) is 30.7 Å². The van der Waals surface area contributed by atoms with E-state index < -0.39 is 0 Å². The summed E-state index contributed by atoms with van der Waals surface area (Å²) in [6.45, 7) is 4.97. The van der Waals surface area contributed by atoms with Gasteiger partial charge in [0.1, 0.15) is 0 Å². The Morgan fingerprint density at radius 2 is 2.30 bits per heavy atom. The van der Waals surface area contributed by atoms with Crippen LogP contribution < -0.4 is 0 Å². The van der Waals surface area contributed by atoms with Crippen molar-refractivity contribution in [1.82, 2.24) is 9.78 Å². The highest BCUT2D eigenvalue weighted by Crippen LogP contribution is 2.00. The van der Waals surface area contributed by atoms with Gasteiger partial charge in [-0.15, -0.1) is 0 Å². The summed E-state index contributed by atoms with van der Waals surface area (Å²) >= 11 is 4.13. The fourth-order valence-corrected chi connectivity index (χ4v) is 1.19. The second-order valence-corrected chi connectivity index (χ2v) is 2.82. The molecular formula is C7H12N2S. The summed E-state index contributed by atoms with van der Waals surface area (Å²) in [6.07, 6.45) is 0. The first-order valence-electron chi connectivity index (χ1n) is 3.36. The summed E-state index contributed by atoms with van der Waals surface area (Å²) < 4.78 is 1.97. The third-order valence-corrected chi connectivity index (χ3v) is 1.62. The maximum atomic E-state index is 4.27. The monoisotopic (exact) mass is 156 g/mol. The average molecular weight is 156 g/mol. The van der Waals surface area contributed by atoms with Crippen molar-refractivity contribution in [1.29, 1.82) is 0 Å². The topological polar surface area (TPSA) is 17.8 Å². The minimum atomic E-state index is 0.849. The molecule has 0 aliphatic carbocycles. The average Bonchev–Trinajstić information content (AvgIpc) is 2.13. The number of hydrogen-bond acceptors (Lipinski definition) is 2. The predicted molar refractivity (Wildman–Crippen MR) is 45.6 cm³/mol. The van der Waals surface area contributed by atoms with Gasteiger partial charge in [0.25, 0.3) is 0 Å². The predicted octanol–water partition coefficient (Wildman–Crippen LogP) is 1.43. The lowest BCUT2D eigenvalue weighted by Gasteiger charge is -1.98. The highest BCUT2D eigenvalue weighted by molar-refractivity contribution is 7.80. The second kappa shape index (κ2) is 3.10. The van der Waals surface area contributed by atoms with E-state index in [0.29, 0.717) is 0 Å². The Morgan fingerprint density at radius 3 is 2.70 bits per heavy atom. The highest BCUT2D eigenvalue weighted by Gasteiger charge is 1.97. The first-order valence-corrected chi connectivity index (χ1v) is 3.99. The number of aryl methyl sites for hydroxylation is 3. The molecule has 56 valence electrons. The van der Waals surface area contributed by atoms with E-state index in [9.17, 15) is 0 Å². The van der Waals surface area contributed by atoms with Gasteiger partial charge in [-0.25, -0.2) is 0 Å². The van der Waals surface area contributed by atoms with Crippen molar-refractivity contribution < 1.29 is 0 Å². The third kappa shape index (κ3) is 1.53.